The summed E-state index contributed by atoms with van der Waals surface area (Å²) in [6.07, 6.45) is 0.803. The first kappa shape index (κ1) is 12.6. The molecule has 1 aliphatic rings. The minimum atomic E-state index is 0.103. The Labute approximate surface area is 118 Å². The average Bonchev–Trinajstić information content (AvgIpc) is 2.84. The van der Waals surface area contributed by atoms with Gasteiger partial charge in [0, 0.05) is 5.02 Å². The van der Waals surface area contributed by atoms with Crippen LogP contribution in [0.5, 0.6) is 5.75 Å². The van der Waals surface area contributed by atoms with Gasteiger partial charge >= 0.3 is 6.92 Å². The van der Waals surface area contributed by atoms with Gasteiger partial charge in [-0.15, -0.1) is 0 Å². The van der Waals surface area contributed by atoms with Crippen molar-refractivity contribution in [1.29, 1.82) is 0 Å². The second-order valence-corrected chi connectivity index (χ2v) is 5.10. The van der Waals surface area contributed by atoms with Crippen LogP contribution in [-0.2, 0) is 17.6 Å². The molecule has 0 saturated carbocycles. The minimum absolute atomic E-state index is 0.103. The zero-order valence-corrected chi connectivity index (χ0v) is 11.5. The first-order chi connectivity index (χ1) is 9.28. The predicted octanol–water partition coefficient (Wildman–Crippen LogP) is 2.86. The van der Waals surface area contributed by atoms with Gasteiger partial charge in [-0.3, -0.25) is 0 Å². The highest BCUT2D eigenvalue weighted by atomic mass is 35.5. The fourth-order valence-corrected chi connectivity index (χ4v) is 2.68. The van der Waals surface area contributed by atoms with Crippen molar-refractivity contribution in [2.45, 2.75) is 12.9 Å². The van der Waals surface area contributed by atoms with Gasteiger partial charge in [0.15, 0.2) is 0 Å². The van der Waals surface area contributed by atoms with E-state index in [4.69, 9.17) is 21.0 Å². The fraction of sp³-hybridized carbons (Fsp3) is 0.200. The van der Waals surface area contributed by atoms with E-state index in [1.54, 1.807) is 7.11 Å². The van der Waals surface area contributed by atoms with Gasteiger partial charge in [0.1, 0.15) is 5.75 Å². The Bertz CT molecular complexity index is 600. The van der Waals surface area contributed by atoms with Crippen LogP contribution >= 0.6 is 11.6 Å². The summed E-state index contributed by atoms with van der Waals surface area (Å²) in [4.78, 5) is 0. The van der Waals surface area contributed by atoms with Gasteiger partial charge in [-0.1, -0.05) is 41.9 Å². The number of benzene rings is 2. The lowest BCUT2D eigenvalue weighted by Gasteiger charge is -2.11. The Morgan fingerprint density at radius 2 is 2.11 bits per heavy atom. The zero-order chi connectivity index (χ0) is 13.2. The molecule has 0 fully saturated rings. The molecule has 0 spiro atoms. The molecule has 0 atom stereocenters. The zero-order valence-electron chi connectivity index (χ0n) is 10.7. The third-order valence-corrected chi connectivity index (χ3v) is 3.73. The number of hydrogen-bond donors (Lipinski definition) is 0. The van der Waals surface area contributed by atoms with Crippen molar-refractivity contribution >= 4 is 24.0 Å². The smallest absolute Gasteiger partial charge is 0.331 e. The molecule has 0 N–H and O–H groups in total. The third-order valence-electron chi connectivity index (χ3n) is 3.50. The number of methoxy groups -OCH3 is 1. The van der Waals surface area contributed by atoms with Crippen molar-refractivity contribution < 1.29 is 9.39 Å². The van der Waals surface area contributed by atoms with Crippen LogP contribution in [0.1, 0.15) is 11.1 Å². The minimum Gasteiger partial charge on any atom is -0.496 e. The summed E-state index contributed by atoms with van der Waals surface area (Å²) >= 11 is 5.98. The number of fused-ring (bicyclic) bond motifs is 1. The molecule has 1 aliphatic heterocycles. The van der Waals surface area contributed by atoms with Crippen LogP contribution in [0.2, 0.25) is 5.02 Å². The van der Waals surface area contributed by atoms with Crippen LogP contribution in [0.4, 0.5) is 0 Å². The largest absolute Gasteiger partial charge is 0.496 e. The molecular formula is C15H14BClO2. The van der Waals surface area contributed by atoms with Gasteiger partial charge in [0.2, 0.25) is 0 Å². The van der Waals surface area contributed by atoms with Gasteiger partial charge in [-0.2, -0.15) is 0 Å². The second-order valence-electron chi connectivity index (χ2n) is 4.66. The average molecular weight is 273 g/mol. The van der Waals surface area contributed by atoms with E-state index in [-0.39, 0.29) is 6.92 Å². The van der Waals surface area contributed by atoms with Crippen molar-refractivity contribution in [2.75, 3.05) is 7.11 Å². The standard InChI is InChI=1S/C15H14BClO2/c1-18-15-8-13(17)7-6-11(15)9-16-14-5-3-2-4-12(14)10-19-16/h2-8H,9-10H2,1H3. The molecule has 0 unspecified atom stereocenters. The van der Waals surface area contributed by atoms with Crippen LogP contribution in [-0.4, -0.2) is 14.0 Å². The topological polar surface area (TPSA) is 18.5 Å². The van der Waals surface area contributed by atoms with Crippen LogP contribution in [0.15, 0.2) is 42.5 Å². The number of ether oxygens (including phenoxy) is 1. The van der Waals surface area contributed by atoms with Crippen molar-refractivity contribution in [3.05, 3.63) is 58.6 Å². The molecule has 0 saturated heterocycles. The Kier molecular flexibility index (Phi) is 3.49. The lowest BCUT2D eigenvalue weighted by molar-refractivity contribution is 0.329. The maximum absolute atomic E-state index is 5.98. The summed E-state index contributed by atoms with van der Waals surface area (Å²) in [6, 6.07) is 14.1. The summed E-state index contributed by atoms with van der Waals surface area (Å²) in [5, 5.41) is 0.688. The van der Waals surface area contributed by atoms with E-state index >= 15 is 0 Å². The number of hydrogen-bond acceptors (Lipinski definition) is 2. The summed E-state index contributed by atoms with van der Waals surface area (Å²) in [5.41, 5.74) is 3.67. The first-order valence-corrected chi connectivity index (χ1v) is 6.67. The second kappa shape index (κ2) is 5.28. The normalized spacial score (nSPS) is 13.5. The molecule has 0 radical (unpaired) electrons. The molecule has 0 bridgehead atoms. The molecule has 2 nitrogen and oxygen atoms in total. The van der Waals surface area contributed by atoms with Gasteiger partial charge in [-0.05, 0) is 35.0 Å². The van der Waals surface area contributed by atoms with Crippen LogP contribution in [0, 0.1) is 0 Å². The summed E-state index contributed by atoms with van der Waals surface area (Å²) < 4.78 is 11.3. The van der Waals surface area contributed by atoms with Gasteiger partial charge in [0.05, 0.1) is 13.7 Å². The quantitative estimate of drug-likeness (QED) is 0.800. The molecule has 2 aromatic rings. The van der Waals surface area contributed by atoms with E-state index in [2.05, 4.69) is 18.2 Å². The Morgan fingerprint density at radius 3 is 2.95 bits per heavy atom. The molecule has 4 heteroatoms. The first-order valence-electron chi connectivity index (χ1n) is 6.30. The predicted molar refractivity (Wildman–Crippen MR) is 78.3 cm³/mol. The molecule has 0 aromatic heterocycles. The van der Waals surface area contributed by atoms with E-state index in [1.165, 1.54) is 11.0 Å². The van der Waals surface area contributed by atoms with Crippen molar-refractivity contribution in [3.8, 4) is 5.75 Å². The molecule has 0 amide bonds. The molecule has 3 rings (SSSR count). The fourth-order valence-electron chi connectivity index (χ4n) is 2.52. The highest BCUT2D eigenvalue weighted by Gasteiger charge is 2.28. The van der Waals surface area contributed by atoms with E-state index in [1.807, 2.05) is 24.3 Å². The lowest BCUT2D eigenvalue weighted by atomic mass is 9.57. The maximum Gasteiger partial charge on any atom is 0.331 e. The Hall–Kier alpha value is -1.45. The SMILES string of the molecule is COc1cc(Cl)ccc1CB1OCc2ccccc21. The molecule has 96 valence electrons. The van der Waals surface area contributed by atoms with Crippen LogP contribution in [0.25, 0.3) is 0 Å². The lowest BCUT2D eigenvalue weighted by Crippen LogP contribution is -2.31. The number of rotatable bonds is 3. The van der Waals surface area contributed by atoms with Crippen LogP contribution < -0.4 is 10.2 Å². The van der Waals surface area contributed by atoms with Gasteiger partial charge in [-0.25, -0.2) is 0 Å². The van der Waals surface area contributed by atoms with E-state index in [0.717, 1.165) is 17.6 Å². The number of halogens is 1. The highest BCUT2D eigenvalue weighted by molar-refractivity contribution is 6.68. The maximum atomic E-state index is 5.98. The monoisotopic (exact) mass is 272 g/mol. The molecule has 19 heavy (non-hydrogen) atoms. The summed E-state index contributed by atoms with van der Waals surface area (Å²) in [7, 11) is 1.67. The molecular weight excluding hydrogens is 258 g/mol. The summed E-state index contributed by atoms with van der Waals surface area (Å²) in [5.74, 6) is 0.820. The third kappa shape index (κ3) is 2.49. The Balaban J connectivity index is 1.87. The van der Waals surface area contributed by atoms with E-state index in [0.29, 0.717) is 11.6 Å². The van der Waals surface area contributed by atoms with Crippen molar-refractivity contribution in [3.63, 3.8) is 0 Å². The Morgan fingerprint density at radius 1 is 1.26 bits per heavy atom. The molecule has 2 aromatic carbocycles. The van der Waals surface area contributed by atoms with Gasteiger partial charge in [0.25, 0.3) is 0 Å². The van der Waals surface area contributed by atoms with E-state index < -0.39 is 0 Å². The van der Waals surface area contributed by atoms with Crippen LogP contribution in [0.3, 0.4) is 0 Å². The highest BCUT2D eigenvalue weighted by Crippen LogP contribution is 2.25. The molecule has 0 aliphatic carbocycles. The van der Waals surface area contributed by atoms with E-state index in [9.17, 15) is 0 Å². The summed E-state index contributed by atoms with van der Waals surface area (Å²) in [6.45, 7) is 0.794. The van der Waals surface area contributed by atoms with Crippen molar-refractivity contribution in [2.24, 2.45) is 0 Å². The van der Waals surface area contributed by atoms with Gasteiger partial charge < -0.3 is 9.39 Å². The molecule has 1 heterocycles. The van der Waals surface area contributed by atoms with Crippen molar-refractivity contribution in [1.82, 2.24) is 0 Å².